The fourth-order valence-corrected chi connectivity index (χ4v) is 2.15. The van der Waals surface area contributed by atoms with Crippen LogP contribution >= 0.6 is 11.6 Å². The molecule has 0 heterocycles. The van der Waals surface area contributed by atoms with Gasteiger partial charge < -0.3 is 9.57 Å². The Labute approximate surface area is 140 Å². The van der Waals surface area contributed by atoms with E-state index in [1.165, 1.54) is 0 Å². The lowest BCUT2D eigenvalue weighted by atomic mass is 10.1. The Hall–Kier alpha value is -2.30. The highest BCUT2D eigenvalue weighted by Gasteiger charge is 2.14. The lowest BCUT2D eigenvalue weighted by Crippen LogP contribution is -2.25. The molecule has 0 radical (unpaired) electrons. The molecule has 1 unspecified atom stereocenters. The highest BCUT2D eigenvalue weighted by Crippen LogP contribution is 2.20. The fraction of sp³-hybridized carbons (Fsp3) is 0.167. The van der Waals surface area contributed by atoms with Gasteiger partial charge in [0.25, 0.3) is 0 Å². The third kappa shape index (κ3) is 4.84. The van der Waals surface area contributed by atoms with Gasteiger partial charge in [-0.3, -0.25) is 0 Å². The first-order chi connectivity index (χ1) is 11.1. The quantitative estimate of drug-likeness (QED) is 0.606. The minimum atomic E-state index is -0.462. The van der Waals surface area contributed by atoms with Crippen LogP contribution in [0, 0.1) is 0 Å². The van der Waals surface area contributed by atoms with E-state index in [4.69, 9.17) is 21.2 Å². The monoisotopic (exact) mass is 331 g/mol. The zero-order chi connectivity index (χ0) is 16.7. The molecule has 4 nitrogen and oxygen atoms in total. The second-order valence-electron chi connectivity index (χ2n) is 4.86. The molecule has 0 aliphatic carbocycles. The predicted octanol–water partition coefficient (Wildman–Crippen LogP) is 4.33. The first-order valence-corrected chi connectivity index (χ1v) is 7.49. The van der Waals surface area contributed by atoms with Crippen LogP contribution in [0.2, 0.25) is 5.02 Å². The summed E-state index contributed by atoms with van der Waals surface area (Å²) in [4.78, 5) is 17.3. The second kappa shape index (κ2) is 8.36. The third-order valence-electron chi connectivity index (χ3n) is 3.29. The van der Waals surface area contributed by atoms with Gasteiger partial charge in [-0.2, -0.15) is 0 Å². The number of halogens is 1. The van der Waals surface area contributed by atoms with Gasteiger partial charge in [-0.25, -0.2) is 4.79 Å². The van der Waals surface area contributed by atoms with Crippen LogP contribution in [0.5, 0.6) is 5.75 Å². The number of methoxy groups -OCH3 is 1. The standard InChI is InChI=1S/C18H18ClNO3/c1-3-4-17(13-5-9-15(19)10-6-13)20-23-18(21)14-7-11-16(22-2)12-8-14/h3,5-12,17,20H,1,4H2,2H3. The molecule has 2 aromatic carbocycles. The average molecular weight is 332 g/mol. The van der Waals surface area contributed by atoms with Crippen LogP contribution in [0.3, 0.4) is 0 Å². The molecular formula is C18H18ClNO3. The van der Waals surface area contributed by atoms with Crippen LogP contribution in [-0.2, 0) is 4.84 Å². The number of ether oxygens (including phenoxy) is 1. The van der Waals surface area contributed by atoms with Gasteiger partial charge >= 0.3 is 5.97 Å². The van der Waals surface area contributed by atoms with Crippen LogP contribution in [0.4, 0.5) is 0 Å². The van der Waals surface area contributed by atoms with E-state index in [1.807, 2.05) is 12.1 Å². The fourth-order valence-electron chi connectivity index (χ4n) is 2.02. The van der Waals surface area contributed by atoms with E-state index >= 15 is 0 Å². The van der Waals surface area contributed by atoms with Gasteiger partial charge in [-0.1, -0.05) is 29.8 Å². The maximum absolute atomic E-state index is 12.1. The van der Waals surface area contributed by atoms with Crippen molar-refractivity contribution >= 4 is 17.6 Å². The molecule has 23 heavy (non-hydrogen) atoms. The molecule has 0 spiro atoms. The smallest absolute Gasteiger partial charge is 0.356 e. The summed E-state index contributed by atoms with van der Waals surface area (Å²) in [5.74, 6) is 0.218. The Morgan fingerprint density at radius 2 is 1.87 bits per heavy atom. The van der Waals surface area contributed by atoms with Crippen molar-refractivity contribution in [3.63, 3.8) is 0 Å². The number of hydrogen-bond donors (Lipinski definition) is 1. The number of rotatable bonds is 7. The summed E-state index contributed by atoms with van der Waals surface area (Å²) in [5.41, 5.74) is 4.18. The first-order valence-electron chi connectivity index (χ1n) is 7.11. The van der Waals surface area contributed by atoms with Crippen LogP contribution < -0.4 is 10.2 Å². The molecule has 0 amide bonds. The molecule has 0 bridgehead atoms. The second-order valence-corrected chi connectivity index (χ2v) is 5.30. The van der Waals surface area contributed by atoms with E-state index in [0.717, 1.165) is 5.56 Å². The number of benzene rings is 2. The molecule has 1 N–H and O–H groups in total. The minimum Gasteiger partial charge on any atom is -0.497 e. The van der Waals surface area contributed by atoms with Crippen LogP contribution in [0.25, 0.3) is 0 Å². The number of hydroxylamine groups is 1. The van der Waals surface area contributed by atoms with Gasteiger partial charge in [0.05, 0.1) is 18.7 Å². The van der Waals surface area contributed by atoms with Gasteiger partial charge in [0.2, 0.25) is 0 Å². The van der Waals surface area contributed by atoms with Gasteiger partial charge in [-0.15, -0.1) is 12.1 Å². The van der Waals surface area contributed by atoms with Crippen molar-refractivity contribution in [3.8, 4) is 5.75 Å². The van der Waals surface area contributed by atoms with Gasteiger partial charge in [-0.05, 0) is 48.4 Å². The van der Waals surface area contributed by atoms with E-state index in [-0.39, 0.29) is 6.04 Å². The summed E-state index contributed by atoms with van der Waals surface area (Å²) in [5, 5.41) is 0.654. The average Bonchev–Trinajstić information content (AvgIpc) is 2.59. The van der Waals surface area contributed by atoms with E-state index in [2.05, 4.69) is 12.1 Å². The number of carbonyl (C=O) groups is 1. The van der Waals surface area contributed by atoms with Crippen molar-refractivity contribution < 1.29 is 14.4 Å². The lowest BCUT2D eigenvalue weighted by molar-refractivity contribution is 0.0154. The van der Waals surface area contributed by atoms with Crippen LogP contribution in [0.1, 0.15) is 28.4 Å². The molecule has 2 aromatic rings. The summed E-state index contributed by atoms with van der Waals surface area (Å²) >= 11 is 5.89. The summed E-state index contributed by atoms with van der Waals surface area (Å²) in [6.07, 6.45) is 2.37. The normalized spacial score (nSPS) is 11.6. The maximum Gasteiger partial charge on any atom is 0.356 e. The zero-order valence-electron chi connectivity index (χ0n) is 12.8. The van der Waals surface area contributed by atoms with Crippen molar-refractivity contribution in [2.75, 3.05) is 7.11 Å². The summed E-state index contributed by atoms with van der Waals surface area (Å²) in [7, 11) is 1.57. The molecule has 0 aliphatic heterocycles. The van der Waals surface area contributed by atoms with E-state index in [9.17, 15) is 4.79 Å². The lowest BCUT2D eigenvalue weighted by Gasteiger charge is -2.17. The Balaban J connectivity index is 2.01. The Morgan fingerprint density at radius 3 is 2.43 bits per heavy atom. The molecule has 5 heteroatoms. The zero-order valence-corrected chi connectivity index (χ0v) is 13.5. The predicted molar refractivity (Wildman–Crippen MR) is 90.6 cm³/mol. The molecule has 2 rings (SSSR count). The highest BCUT2D eigenvalue weighted by atomic mass is 35.5. The van der Waals surface area contributed by atoms with Crippen molar-refractivity contribution in [3.05, 3.63) is 77.3 Å². The Kier molecular flexibility index (Phi) is 6.20. The Bertz CT molecular complexity index is 653. The van der Waals surface area contributed by atoms with Crippen LogP contribution in [-0.4, -0.2) is 13.1 Å². The highest BCUT2D eigenvalue weighted by molar-refractivity contribution is 6.30. The van der Waals surface area contributed by atoms with Crippen molar-refractivity contribution in [2.45, 2.75) is 12.5 Å². The molecule has 0 saturated heterocycles. The molecule has 0 aromatic heterocycles. The minimum absolute atomic E-state index is 0.188. The largest absolute Gasteiger partial charge is 0.497 e. The summed E-state index contributed by atoms with van der Waals surface area (Å²) in [6.45, 7) is 3.73. The molecule has 0 aliphatic rings. The van der Waals surface area contributed by atoms with Gasteiger partial charge in [0.15, 0.2) is 0 Å². The molecule has 1 atom stereocenters. The van der Waals surface area contributed by atoms with Gasteiger partial charge in [0, 0.05) is 5.02 Å². The van der Waals surface area contributed by atoms with E-state index in [1.54, 1.807) is 49.6 Å². The van der Waals surface area contributed by atoms with Crippen molar-refractivity contribution in [1.29, 1.82) is 0 Å². The molecule has 0 saturated carbocycles. The number of carbonyl (C=O) groups excluding carboxylic acids is 1. The topological polar surface area (TPSA) is 47.6 Å². The summed E-state index contributed by atoms with van der Waals surface area (Å²) < 4.78 is 5.06. The molecular weight excluding hydrogens is 314 g/mol. The van der Waals surface area contributed by atoms with E-state index < -0.39 is 5.97 Å². The van der Waals surface area contributed by atoms with Crippen molar-refractivity contribution in [1.82, 2.24) is 5.48 Å². The number of nitrogens with one attached hydrogen (secondary N) is 1. The maximum atomic E-state index is 12.1. The summed E-state index contributed by atoms with van der Waals surface area (Å²) in [6, 6.07) is 13.9. The van der Waals surface area contributed by atoms with Gasteiger partial charge in [0.1, 0.15) is 5.75 Å². The molecule has 0 fully saturated rings. The van der Waals surface area contributed by atoms with Crippen molar-refractivity contribution in [2.24, 2.45) is 0 Å². The SMILES string of the molecule is C=CCC(NOC(=O)c1ccc(OC)cc1)c1ccc(Cl)cc1. The first kappa shape index (κ1) is 17.1. The molecule has 120 valence electrons. The van der Waals surface area contributed by atoms with Crippen LogP contribution in [0.15, 0.2) is 61.2 Å². The number of hydrogen-bond acceptors (Lipinski definition) is 4. The van der Waals surface area contributed by atoms with E-state index in [0.29, 0.717) is 22.8 Å². The Morgan fingerprint density at radius 1 is 1.22 bits per heavy atom. The third-order valence-corrected chi connectivity index (χ3v) is 3.55.